The molecule has 2 nitrogen and oxygen atoms in total. The highest BCUT2D eigenvalue weighted by atomic mass is 79.9. The van der Waals surface area contributed by atoms with Crippen LogP contribution in [0.25, 0.3) is 0 Å². The number of halogens is 3. The molecule has 0 heterocycles. The van der Waals surface area contributed by atoms with Crippen molar-refractivity contribution in [2.45, 2.75) is 6.42 Å². The number of hydrogen-bond acceptors (Lipinski definition) is 2. The molecular formula is C9H6BrF2NO. The third-order valence-corrected chi connectivity index (χ3v) is 2.27. The van der Waals surface area contributed by atoms with E-state index in [1.807, 2.05) is 0 Å². The molecule has 0 aliphatic carbocycles. The quantitative estimate of drug-likeness (QED) is 0.768. The van der Waals surface area contributed by atoms with Gasteiger partial charge in [-0.3, -0.25) is 0 Å². The summed E-state index contributed by atoms with van der Waals surface area (Å²) in [5, 5.41) is 8.44. The molecule has 1 aromatic rings. The molecule has 0 saturated heterocycles. The van der Waals surface area contributed by atoms with Crippen molar-refractivity contribution in [3.8, 4) is 11.8 Å². The Kier molecular flexibility index (Phi) is 3.42. The molecule has 0 atom stereocenters. The summed E-state index contributed by atoms with van der Waals surface area (Å²) in [7, 11) is 1.33. The largest absolute Gasteiger partial charge is 0.495 e. The first-order valence-corrected chi connectivity index (χ1v) is 4.48. The van der Waals surface area contributed by atoms with Gasteiger partial charge in [0.2, 0.25) is 0 Å². The van der Waals surface area contributed by atoms with Crippen molar-refractivity contribution in [2.75, 3.05) is 7.11 Å². The lowest BCUT2D eigenvalue weighted by Gasteiger charge is -2.09. The maximum atomic E-state index is 13.2. The first-order valence-electron chi connectivity index (χ1n) is 3.69. The molecule has 74 valence electrons. The van der Waals surface area contributed by atoms with Crippen LogP contribution in [0.5, 0.6) is 5.75 Å². The first-order chi connectivity index (χ1) is 6.61. The summed E-state index contributed by atoms with van der Waals surface area (Å²) in [5.74, 6) is -1.88. The standard InChI is InChI=1S/C9H6BrF2NO/c1-14-9-5(2-3-13)8(12)7(11)4-6(9)10/h4H,2H2,1H3. The van der Waals surface area contributed by atoms with E-state index >= 15 is 0 Å². The average molecular weight is 262 g/mol. The fourth-order valence-electron chi connectivity index (χ4n) is 1.09. The third-order valence-electron chi connectivity index (χ3n) is 1.68. The van der Waals surface area contributed by atoms with Gasteiger partial charge in [0, 0.05) is 5.56 Å². The minimum atomic E-state index is -1.04. The van der Waals surface area contributed by atoms with E-state index in [0.717, 1.165) is 6.07 Å². The Hall–Kier alpha value is -1.15. The van der Waals surface area contributed by atoms with E-state index in [4.69, 9.17) is 10.00 Å². The Morgan fingerprint density at radius 3 is 2.71 bits per heavy atom. The molecule has 14 heavy (non-hydrogen) atoms. The minimum Gasteiger partial charge on any atom is -0.495 e. The SMILES string of the molecule is COc1c(Br)cc(F)c(F)c1CC#N. The van der Waals surface area contributed by atoms with E-state index in [1.165, 1.54) is 7.11 Å². The van der Waals surface area contributed by atoms with Gasteiger partial charge in [-0.05, 0) is 22.0 Å². The summed E-state index contributed by atoms with van der Waals surface area (Å²) in [6.07, 6.45) is -0.231. The zero-order valence-electron chi connectivity index (χ0n) is 7.27. The number of nitriles is 1. The van der Waals surface area contributed by atoms with Gasteiger partial charge in [-0.15, -0.1) is 0 Å². The van der Waals surface area contributed by atoms with Crippen molar-refractivity contribution >= 4 is 15.9 Å². The topological polar surface area (TPSA) is 33.0 Å². The summed E-state index contributed by atoms with van der Waals surface area (Å²) in [5.41, 5.74) is -0.0677. The number of ether oxygens (including phenoxy) is 1. The van der Waals surface area contributed by atoms with Gasteiger partial charge in [-0.25, -0.2) is 8.78 Å². The van der Waals surface area contributed by atoms with Crippen LogP contribution in [0.1, 0.15) is 5.56 Å². The Morgan fingerprint density at radius 2 is 2.21 bits per heavy atom. The maximum Gasteiger partial charge on any atom is 0.166 e. The van der Waals surface area contributed by atoms with Crippen molar-refractivity contribution in [1.82, 2.24) is 0 Å². The normalized spacial score (nSPS) is 9.64. The van der Waals surface area contributed by atoms with Crippen LogP contribution in [-0.2, 0) is 6.42 Å². The molecule has 5 heteroatoms. The smallest absolute Gasteiger partial charge is 0.166 e. The molecule has 0 aliphatic heterocycles. The first kappa shape index (κ1) is 10.9. The molecule has 0 bridgehead atoms. The molecule has 0 amide bonds. The second kappa shape index (κ2) is 4.38. The molecule has 0 radical (unpaired) electrons. The predicted octanol–water partition coefficient (Wildman–Crippen LogP) is 2.80. The van der Waals surface area contributed by atoms with Gasteiger partial charge in [-0.1, -0.05) is 0 Å². The zero-order chi connectivity index (χ0) is 10.7. The molecule has 1 rings (SSSR count). The molecule has 0 spiro atoms. The number of rotatable bonds is 2. The van der Waals surface area contributed by atoms with Crippen molar-refractivity contribution in [3.63, 3.8) is 0 Å². The molecule has 0 N–H and O–H groups in total. The maximum absolute atomic E-state index is 13.2. The van der Waals surface area contributed by atoms with Gasteiger partial charge in [0.25, 0.3) is 0 Å². The van der Waals surface area contributed by atoms with Gasteiger partial charge in [-0.2, -0.15) is 5.26 Å². The summed E-state index contributed by atoms with van der Waals surface area (Å²) < 4.78 is 31.3. The summed E-state index contributed by atoms with van der Waals surface area (Å²) in [6, 6.07) is 2.71. The number of hydrogen-bond donors (Lipinski definition) is 0. The van der Waals surface area contributed by atoms with E-state index in [2.05, 4.69) is 15.9 Å². The Bertz CT molecular complexity index is 401. The highest BCUT2D eigenvalue weighted by molar-refractivity contribution is 9.10. The van der Waals surface area contributed by atoms with E-state index in [9.17, 15) is 8.78 Å². The summed E-state index contributed by atoms with van der Waals surface area (Å²) >= 11 is 3.02. The minimum absolute atomic E-state index is 0.0677. The van der Waals surface area contributed by atoms with Crippen LogP contribution in [0.2, 0.25) is 0 Å². The fraction of sp³-hybridized carbons (Fsp3) is 0.222. The van der Waals surface area contributed by atoms with Gasteiger partial charge in [0.05, 0.1) is 24.1 Å². The van der Waals surface area contributed by atoms with Gasteiger partial charge in [0.15, 0.2) is 11.6 Å². The van der Waals surface area contributed by atoms with Crippen LogP contribution in [0.4, 0.5) is 8.78 Å². The van der Waals surface area contributed by atoms with Crippen LogP contribution in [0.15, 0.2) is 10.5 Å². The van der Waals surface area contributed by atoms with Crippen molar-refractivity contribution < 1.29 is 13.5 Å². The second-order valence-electron chi connectivity index (χ2n) is 2.50. The van der Waals surface area contributed by atoms with Crippen LogP contribution in [0.3, 0.4) is 0 Å². The third kappa shape index (κ3) is 1.85. The van der Waals surface area contributed by atoms with E-state index in [1.54, 1.807) is 6.07 Å². The molecule has 0 saturated carbocycles. The number of nitrogens with zero attached hydrogens (tertiary/aromatic N) is 1. The fourth-order valence-corrected chi connectivity index (χ4v) is 1.69. The second-order valence-corrected chi connectivity index (χ2v) is 3.36. The monoisotopic (exact) mass is 261 g/mol. The molecule has 0 aromatic heterocycles. The van der Waals surface area contributed by atoms with Crippen molar-refractivity contribution in [3.05, 3.63) is 27.7 Å². The Labute approximate surface area is 88.2 Å². The van der Waals surface area contributed by atoms with Gasteiger partial charge < -0.3 is 4.74 Å². The van der Waals surface area contributed by atoms with E-state index < -0.39 is 11.6 Å². The molecular weight excluding hydrogens is 256 g/mol. The highest BCUT2D eigenvalue weighted by Gasteiger charge is 2.17. The predicted molar refractivity (Wildman–Crippen MR) is 49.9 cm³/mol. The molecule has 0 aliphatic rings. The zero-order valence-corrected chi connectivity index (χ0v) is 8.86. The lowest BCUT2D eigenvalue weighted by Crippen LogP contribution is -1.99. The number of benzene rings is 1. The van der Waals surface area contributed by atoms with Crippen LogP contribution in [-0.4, -0.2) is 7.11 Å². The lowest BCUT2D eigenvalue weighted by molar-refractivity contribution is 0.397. The van der Waals surface area contributed by atoms with Gasteiger partial charge >= 0.3 is 0 Å². The Balaban J connectivity index is 3.41. The summed E-state index contributed by atoms with van der Waals surface area (Å²) in [6.45, 7) is 0. The van der Waals surface area contributed by atoms with Crippen LogP contribution >= 0.6 is 15.9 Å². The Morgan fingerprint density at radius 1 is 1.57 bits per heavy atom. The lowest BCUT2D eigenvalue weighted by atomic mass is 10.1. The molecule has 0 fully saturated rings. The van der Waals surface area contributed by atoms with Gasteiger partial charge in [0.1, 0.15) is 5.75 Å². The van der Waals surface area contributed by atoms with E-state index in [-0.39, 0.29) is 17.7 Å². The van der Waals surface area contributed by atoms with Crippen molar-refractivity contribution in [1.29, 1.82) is 5.26 Å². The van der Waals surface area contributed by atoms with Crippen LogP contribution < -0.4 is 4.74 Å². The average Bonchev–Trinajstić information content (AvgIpc) is 2.14. The highest BCUT2D eigenvalue weighted by Crippen LogP contribution is 2.32. The molecule has 1 aromatic carbocycles. The molecule has 0 unspecified atom stereocenters. The van der Waals surface area contributed by atoms with E-state index in [0.29, 0.717) is 4.47 Å². The van der Waals surface area contributed by atoms with Crippen LogP contribution in [0, 0.1) is 23.0 Å². The van der Waals surface area contributed by atoms with Crippen molar-refractivity contribution in [2.24, 2.45) is 0 Å². The summed E-state index contributed by atoms with van der Waals surface area (Å²) in [4.78, 5) is 0. The number of methoxy groups -OCH3 is 1.